The topological polar surface area (TPSA) is 9.72 Å². The van der Waals surface area contributed by atoms with Gasteiger partial charge in [-0.1, -0.05) is 147 Å². The highest BCUT2D eigenvalue weighted by Gasteiger charge is 2.44. The van der Waals surface area contributed by atoms with Crippen molar-refractivity contribution >= 4 is 74.3 Å². The molecule has 3 nitrogen and oxygen atoms in total. The molecule has 4 heteroatoms. The second kappa shape index (κ2) is 14.8. The minimum absolute atomic E-state index is 0.0918. The quantitative estimate of drug-likeness (QED) is 0.160. The number of para-hydroxylation sites is 3. The highest BCUT2D eigenvalue weighted by molar-refractivity contribution is 7.00. The molecule has 10 rings (SSSR count). The van der Waals surface area contributed by atoms with Crippen LogP contribution in [0.5, 0.6) is 0 Å². The van der Waals surface area contributed by atoms with Crippen molar-refractivity contribution in [2.24, 2.45) is 0 Å². The van der Waals surface area contributed by atoms with Crippen molar-refractivity contribution in [3.63, 3.8) is 0 Å². The van der Waals surface area contributed by atoms with E-state index in [0.29, 0.717) is 24.2 Å². The first-order chi connectivity index (χ1) is 33.4. The Hall–Kier alpha value is -6.00. The van der Waals surface area contributed by atoms with E-state index in [-0.39, 0.29) is 28.8 Å². The van der Waals surface area contributed by atoms with E-state index in [0.717, 1.165) is 74.5 Å². The molecule has 0 spiro atoms. The van der Waals surface area contributed by atoms with Crippen LogP contribution >= 0.6 is 0 Å². The Labute approximate surface area is 383 Å². The number of nitrogens with zero attached hydrogens (tertiary/aromatic N) is 3. The van der Waals surface area contributed by atoms with Crippen LogP contribution in [0.25, 0.3) is 0 Å². The standard InChI is InChI=1S/C58H60BN3/c1-56(2,3)41-27-31-44(32-28-41)61-50-25-17-15-23-48(50)59-49-24-16-18-26-51(49)62(45-33-29-42(30-34-45)57(4,5)6)54-38-46(37-53(61)55(54)59)60(43-21-11-10-12-22-43)52-36-40-20-14-13-19-39(40)35-47(52)58(7,8)9/h10-12,15-18,21-38H,13-14,19-20H2,1-9H3/i7D3,8D3,9D3. The molecule has 7 aromatic rings. The minimum Gasteiger partial charge on any atom is -0.311 e. The molecule has 2 aliphatic heterocycles. The third kappa shape index (κ3) is 6.83. The number of benzene rings is 7. The molecule has 0 saturated heterocycles. The van der Waals surface area contributed by atoms with Crippen LogP contribution in [0, 0.1) is 0 Å². The Kier molecular flexibility index (Phi) is 7.40. The molecule has 0 atom stereocenters. The molecular weight excluding hydrogens is 749 g/mol. The summed E-state index contributed by atoms with van der Waals surface area (Å²) >= 11 is 0. The second-order valence-corrected chi connectivity index (χ2v) is 19.5. The minimum atomic E-state index is -3.49. The van der Waals surface area contributed by atoms with Crippen molar-refractivity contribution in [3.8, 4) is 0 Å². The zero-order chi connectivity index (χ0) is 50.6. The first-order valence-electron chi connectivity index (χ1n) is 26.6. The summed E-state index contributed by atoms with van der Waals surface area (Å²) in [5, 5.41) is 0. The normalized spacial score (nSPS) is 17.3. The number of hydrogen-bond acceptors (Lipinski definition) is 3. The lowest BCUT2D eigenvalue weighted by atomic mass is 9.33. The summed E-state index contributed by atoms with van der Waals surface area (Å²) < 4.78 is 81.6. The molecule has 2 heterocycles. The second-order valence-electron chi connectivity index (χ2n) is 19.5. The Morgan fingerprint density at radius 3 is 1.44 bits per heavy atom. The smallest absolute Gasteiger partial charge is 0.252 e. The van der Waals surface area contributed by atoms with Gasteiger partial charge in [-0.3, -0.25) is 0 Å². The van der Waals surface area contributed by atoms with Gasteiger partial charge in [0.2, 0.25) is 0 Å². The molecular formula is C58H60BN3. The van der Waals surface area contributed by atoms with Gasteiger partial charge in [-0.15, -0.1) is 0 Å². The summed E-state index contributed by atoms with van der Waals surface area (Å²) in [5.41, 5.74) is 10.8. The largest absolute Gasteiger partial charge is 0.311 e. The lowest BCUT2D eigenvalue weighted by Gasteiger charge is -2.45. The molecule has 0 unspecified atom stereocenters. The van der Waals surface area contributed by atoms with E-state index >= 15 is 0 Å². The van der Waals surface area contributed by atoms with Crippen LogP contribution in [0.15, 0.2) is 152 Å². The fourth-order valence-electron chi connectivity index (χ4n) is 10.1. The van der Waals surface area contributed by atoms with Crippen molar-refractivity contribution in [3.05, 3.63) is 179 Å². The highest BCUT2D eigenvalue weighted by atomic mass is 15.2. The Morgan fingerprint density at radius 1 is 0.484 bits per heavy atom. The van der Waals surface area contributed by atoms with Crippen molar-refractivity contribution in [2.75, 3.05) is 14.7 Å². The lowest BCUT2D eigenvalue weighted by Crippen LogP contribution is -2.61. The van der Waals surface area contributed by atoms with Gasteiger partial charge in [0.05, 0.1) is 11.4 Å². The predicted octanol–water partition coefficient (Wildman–Crippen LogP) is 14.0. The van der Waals surface area contributed by atoms with Gasteiger partial charge in [-0.2, -0.15) is 0 Å². The van der Waals surface area contributed by atoms with Gasteiger partial charge in [-0.25, -0.2) is 0 Å². The summed E-state index contributed by atoms with van der Waals surface area (Å²) in [7, 11) is 0. The first-order valence-corrected chi connectivity index (χ1v) is 22.1. The number of aryl methyl sites for hydroxylation is 2. The third-order valence-electron chi connectivity index (χ3n) is 13.2. The fraction of sp³-hybridized carbons (Fsp3) is 0.276. The number of anilines is 9. The van der Waals surface area contributed by atoms with Gasteiger partial charge in [0.25, 0.3) is 6.71 Å². The van der Waals surface area contributed by atoms with Crippen LogP contribution in [-0.2, 0) is 29.1 Å². The first kappa shape index (κ1) is 30.9. The van der Waals surface area contributed by atoms with E-state index in [9.17, 15) is 0 Å². The molecule has 0 N–H and O–H groups in total. The van der Waals surface area contributed by atoms with Gasteiger partial charge in [0.1, 0.15) is 0 Å². The Bertz CT molecular complexity index is 2980. The van der Waals surface area contributed by atoms with E-state index in [1.807, 2.05) is 41.3 Å². The van der Waals surface area contributed by atoms with Gasteiger partial charge >= 0.3 is 0 Å². The van der Waals surface area contributed by atoms with Crippen LogP contribution in [0.3, 0.4) is 0 Å². The summed E-state index contributed by atoms with van der Waals surface area (Å²) in [6.07, 6.45) is 2.94. The Morgan fingerprint density at radius 2 is 0.952 bits per heavy atom. The Balaban J connectivity index is 1.36. The fourth-order valence-corrected chi connectivity index (χ4v) is 10.1. The maximum Gasteiger partial charge on any atom is 0.252 e. The molecule has 0 amide bonds. The predicted molar refractivity (Wildman–Crippen MR) is 268 cm³/mol. The van der Waals surface area contributed by atoms with E-state index in [2.05, 4.69) is 161 Å². The van der Waals surface area contributed by atoms with E-state index in [4.69, 9.17) is 12.3 Å². The monoisotopic (exact) mass is 819 g/mol. The zero-order valence-corrected chi connectivity index (χ0v) is 36.7. The van der Waals surface area contributed by atoms with Gasteiger partial charge in [-0.05, 0) is 153 Å². The summed E-state index contributed by atoms with van der Waals surface area (Å²) in [5.74, 6) is 0. The van der Waals surface area contributed by atoms with Crippen LogP contribution in [0.2, 0.25) is 0 Å². The van der Waals surface area contributed by atoms with E-state index in [1.165, 1.54) is 11.1 Å². The molecule has 1 aliphatic carbocycles. The van der Waals surface area contributed by atoms with Gasteiger partial charge < -0.3 is 14.7 Å². The van der Waals surface area contributed by atoms with Gasteiger partial charge in [0.15, 0.2) is 0 Å². The maximum absolute atomic E-state index is 9.06. The van der Waals surface area contributed by atoms with E-state index < -0.39 is 26.0 Å². The van der Waals surface area contributed by atoms with Crippen LogP contribution in [0.1, 0.15) is 115 Å². The van der Waals surface area contributed by atoms with Crippen molar-refractivity contribution in [1.29, 1.82) is 0 Å². The molecule has 0 fully saturated rings. The molecule has 7 aromatic carbocycles. The molecule has 0 radical (unpaired) electrons. The molecule has 62 heavy (non-hydrogen) atoms. The number of hydrogen-bond donors (Lipinski definition) is 0. The molecule has 0 saturated carbocycles. The van der Waals surface area contributed by atoms with Gasteiger partial charge in [0, 0.05) is 52.1 Å². The number of fused-ring (bicyclic) bond motifs is 5. The summed E-state index contributed by atoms with van der Waals surface area (Å²) in [6.45, 7) is 2.56. The van der Waals surface area contributed by atoms with Crippen molar-refractivity contribution < 1.29 is 12.3 Å². The van der Waals surface area contributed by atoms with Crippen molar-refractivity contribution in [1.82, 2.24) is 0 Å². The molecule has 0 bridgehead atoms. The molecule has 310 valence electrons. The lowest BCUT2D eigenvalue weighted by molar-refractivity contribution is 0.586. The van der Waals surface area contributed by atoms with Crippen LogP contribution in [-0.4, -0.2) is 6.71 Å². The summed E-state index contributed by atoms with van der Waals surface area (Å²) in [4.78, 5) is 6.53. The summed E-state index contributed by atoms with van der Waals surface area (Å²) in [6, 6.07) is 51.8. The third-order valence-corrected chi connectivity index (χ3v) is 13.2. The average molecular weight is 819 g/mol. The SMILES string of the molecule is [2H]C([2H])([2H])C(c1cc2c(cc1N(c1ccccc1)c1cc3c4c(c1)N(c1ccc(C(C)(C)C)cc1)c1ccccc1B4c1ccccc1N3c1ccc(C(C)(C)C)cc1)CCCC2)(C([2H])([2H])[2H])C([2H])([2H])[2H]. The van der Waals surface area contributed by atoms with Crippen molar-refractivity contribution in [2.45, 2.75) is 104 Å². The van der Waals surface area contributed by atoms with E-state index in [1.54, 1.807) is 6.07 Å². The highest BCUT2D eigenvalue weighted by Crippen LogP contribution is 2.50. The zero-order valence-electron chi connectivity index (χ0n) is 45.7. The van der Waals surface area contributed by atoms with Crippen LogP contribution in [0.4, 0.5) is 51.2 Å². The molecule has 3 aliphatic rings. The average Bonchev–Trinajstić information content (AvgIpc) is 3.30. The molecule has 0 aromatic heterocycles. The maximum atomic E-state index is 9.06. The number of rotatable bonds is 5. The van der Waals surface area contributed by atoms with Crippen LogP contribution < -0.4 is 31.1 Å².